The van der Waals surface area contributed by atoms with Crippen LogP contribution in [-0.4, -0.2) is 73.9 Å². The summed E-state index contributed by atoms with van der Waals surface area (Å²) in [6.45, 7) is 4.33. The van der Waals surface area contributed by atoms with Crippen LogP contribution in [0.3, 0.4) is 0 Å². The molecule has 97 valence electrons. The quantitative estimate of drug-likeness (QED) is 0.445. The summed E-state index contributed by atoms with van der Waals surface area (Å²) < 4.78 is 0. The van der Waals surface area contributed by atoms with E-state index in [0.717, 1.165) is 27.7 Å². The SMILES string of the molecule is CC(=O)O.CC(=O)O.CC(=O)O.CC(=O)O.[Na]. The normalized spacial score (nSPS) is 5.88. The molecular weight excluding hydrogens is 247 g/mol. The monoisotopic (exact) mass is 263 g/mol. The fourth-order valence-electron chi connectivity index (χ4n) is 0. The van der Waals surface area contributed by atoms with Crippen LogP contribution in [0.15, 0.2) is 0 Å². The van der Waals surface area contributed by atoms with Crippen molar-refractivity contribution in [3.8, 4) is 0 Å². The molecule has 8 nitrogen and oxygen atoms in total. The van der Waals surface area contributed by atoms with Gasteiger partial charge in [-0.25, -0.2) is 0 Å². The van der Waals surface area contributed by atoms with E-state index in [1.807, 2.05) is 0 Å². The van der Waals surface area contributed by atoms with Crippen molar-refractivity contribution in [2.45, 2.75) is 27.7 Å². The van der Waals surface area contributed by atoms with Gasteiger partial charge in [0.2, 0.25) is 0 Å². The zero-order valence-electron chi connectivity index (χ0n) is 10.4. The van der Waals surface area contributed by atoms with Crippen LogP contribution in [0.5, 0.6) is 0 Å². The summed E-state index contributed by atoms with van der Waals surface area (Å²) in [6.07, 6.45) is 0. The summed E-state index contributed by atoms with van der Waals surface area (Å²) in [6, 6.07) is 0. The summed E-state index contributed by atoms with van der Waals surface area (Å²) in [7, 11) is 0. The maximum Gasteiger partial charge on any atom is 0.300 e. The summed E-state index contributed by atoms with van der Waals surface area (Å²) >= 11 is 0. The van der Waals surface area contributed by atoms with Crippen molar-refractivity contribution in [2.75, 3.05) is 0 Å². The number of hydrogen-bond acceptors (Lipinski definition) is 4. The molecule has 0 aliphatic carbocycles. The van der Waals surface area contributed by atoms with E-state index in [-0.39, 0.29) is 29.6 Å². The first-order valence-electron chi connectivity index (χ1n) is 3.71. The number of rotatable bonds is 0. The molecular formula is C8H16NaO8. The van der Waals surface area contributed by atoms with Crippen LogP contribution >= 0.6 is 0 Å². The van der Waals surface area contributed by atoms with E-state index in [4.69, 9.17) is 39.6 Å². The Hall–Kier alpha value is -1.12. The number of aliphatic carboxylic acids is 4. The molecule has 0 aliphatic heterocycles. The van der Waals surface area contributed by atoms with Crippen molar-refractivity contribution < 1.29 is 39.6 Å². The van der Waals surface area contributed by atoms with Crippen molar-refractivity contribution in [1.82, 2.24) is 0 Å². The predicted molar refractivity (Wildman–Crippen MR) is 59.0 cm³/mol. The fourth-order valence-corrected chi connectivity index (χ4v) is 0. The maximum atomic E-state index is 9.00. The molecule has 0 heterocycles. The van der Waals surface area contributed by atoms with Crippen LogP contribution in [0.1, 0.15) is 27.7 Å². The standard InChI is InChI=1S/4C2H4O2.Na/c4*1-2(3)4;/h4*1H3,(H,3,4);. The van der Waals surface area contributed by atoms with Crippen molar-refractivity contribution >= 4 is 53.4 Å². The van der Waals surface area contributed by atoms with Crippen molar-refractivity contribution in [2.24, 2.45) is 0 Å². The zero-order chi connectivity index (χ0) is 14.3. The van der Waals surface area contributed by atoms with Crippen molar-refractivity contribution in [3.63, 3.8) is 0 Å². The van der Waals surface area contributed by atoms with Crippen molar-refractivity contribution in [3.05, 3.63) is 0 Å². The smallest absolute Gasteiger partial charge is 0.300 e. The molecule has 0 aromatic rings. The van der Waals surface area contributed by atoms with Crippen LogP contribution in [0, 0.1) is 0 Å². The van der Waals surface area contributed by atoms with E-state index in [0.29, 0.717) is 0 Å². The number of carboxylic acids is 4. The van der Waals surface area contributed by atoms with Crippen LogP contribution in [0.4, 0.5) is 0 Å². The summed E-state index contributed by atoms with van der Waals surface area (Å²) in [4.78, 5) is 36.0. The van der Waals surface area contributed by atoms with Gasteiger partial charge >= 0.3 is 0 Å². The molecule has 1 radical (unpaired) electrons. The van der Waals surface area contributed by atoms with Gasteiger partial charge in [-0.15, -0.1) is 0 Å². The van der Waals surface area contributed by atoms with E-state index < -0.39 is 23.9 Å². The van der Waals surface area contributed by atoms with Gasteiger partial charge in [0.15, 0.2) is 0 Å². The topological polar surface area (TPSA) is 149 Å². The Kier molecular flexibility index (Phi) is 42.3. The predicted octanol–water partition coefficient (Wildman–Crippen LogP) is -0.0172. The second-order valence-corrected chi connectivity index (χ2v) is 2.08. The summed E-state index contributed by atoms with van der Waals surface area (Å²) in [5.74, 6) is -3.33. The van der Waals surface area contributed by atoms with Gasteiger partial charge in [-0.05, 0) is 0 Å². The summed E-state index contributed by atoms with van der Waals surface area (Å²) in [5.41, 5.74) is 0. The fraction of sp³-hybridized carbons (Fsp3) is 0.500. The first-order chi connectivity index (χ1) is 6.93. The molecule has 4 N–H and O–H groups in total. The zero-order valence-corrected chi connectivity index (χ0v) is 12.4. The molecule has 0 unspecified atom stereocenters. The van der Waals surface area contributed by atoms with Gasteiger partial charge in [-0.2, -0.15) is 0 Å². The first-order valence-corrected chi connectivity index (χ1v) is 3.71. The molecule has 0 atom stereocenters. The largest absolute Gasteiger partial charge is 0.481 e. The van der Waals surface area contributed by atoms with Crippen LogP contribution in [0.25, 0.3) is 0 Å². The van der Waals surface area contributed by atoms with E-state index in [1.165, 1.54) is 0 Å². The Morgan fingerprint density at radius 3 is 0.529 bits per heavy atom. The van der Waals surface area contributed by atoms with Gasteiger partial charge in [0.25, 0.3) is 23.9 Å². The van der Waals surface area contributed by atoms with E-state index in [9.17, 15) is 0 Å². The van der Waals surface area contributed by atoms with Crippen LogP contribution < -0.4 is 0 Å². The molecule has 0 saturated carbocycles. The van der Waals surface area contributed by atoms with Gasteiger partial charge in [-0.3, -0.25) is 19.2 Å². The molecule has 0 rings (SSSR count). The third-order valence-electron chi connectivity index (χ3n) is 0. The van der Waals surface area contributed by atoms with Gasteiger partial charge in [0.05, 0.1) is 0 Å². The minimum absolute atomic E-state index is 0. The molecule has 0 aliphatic rings. The third-order valence-corrected chi connectivity index (χ3v) is 0. The van der Waals surface area contributed by atoms with Gasteiger partial charge in [0, 0.05) is 57.3 Å². The molecule has 0 fully saturated rings. The Morgan fingerprint density at radius 1 is 0.529 bits per heavy atom. The van der Waals surface area contributed by atoms with Gasteiger partial charge < -0.3 is 20.4 Å². The van der Waals surface area contributed by atoms with E-state index in [1.54, 1.807) is 0 Å². The van der Waals surface area contributed by atoms with Crippen LogP contribution in [0.2, 0.25) is 0 Å². The Bertz CT molecular complexity index is 162. The van der Waals surface area contributed by atoms with E-state index >= 15 is 0 Å². The third kappa shape index (κ3) is 1970. The number of hydrogen-bond donors (Lipinski definition) is 4. The molecule has 9 heteroatoms. The average molecular weight is 263 g/mol. The molecule has 0 amide bonds. The second-order valence-electron chi connectivity index (χ2n) is 2.08. The molecule has 0 spiro atoms. The second kappa shape index (κ2) is 24.2. The molecule has 0 aromatic carbocycles. The van der Waals surface area contributed by atoms with E-state index in [2.05, 4.69) is 0 Å². The first kappa shape index (κ1) is 29.7. The number of carbonyl (C=O) groups is 4. The maximum absolute atomic E-state index is 9.00. The Labute approximate surface area is 121 Å². The molecule has 0 saturated heterocycles. The molecule has 0 bridgehead atoms. The van der Waals surface area contributed by atoms with Gasteiger partial charge in [-0.1, -0.05) is 0 Å². The number of carboxylic acid groups (broad SMARTS) is 4. The average Bonchev–Trinajstić information content (AvgIpc) is 1.76. The minimum Gasteiger partial charge on any atom is -0.481 e. The van der Waals surface area contributed by atoms with Crippen molar-refractivity contribution in [1.29, 1.82) is 0 Å². The Balaban J connectivity index is -0.0000000369. The molecule has 0 aromatic heterocycles. The van der Waals surface area contributed by atoms with Crippen LogP contribution in [-0.2, 0) is 19.2 Å². The summed E-state index contributed by atoms with van der Waals surface area (Å²) in [5, 5.41) is 29.7. The molecule has 17 heavy (non-hydrogen) atoms. The van der Waals surface area contributed by atoms with Gasteiger partial charge in [0.1, 0.15) is 0 Å². The Morgan fingerprint density at radius 2 is 0.529 bits per heavy atom. The minimum atomic E-state index is -0.833.